The van der Waals surface area contributed by atoms with Crippen LogP contribution in [0.5, 0.6) is 5.75 Å². The summed E-state index contributed by atoms with van der Waals surface area (Å²) in [5, 5.41) is 14.0. The number of furan rings is 1. The topological polar surface area (TPSA) is 74.8 Å². The number of aliphatic imine (C=N–C) groups is 1. The van der Waals surface area contributed by atoms with Crippen molar-refractivity contribution in [2.75, 3.05) is 0 Å². The van der Waals surface area contributed by atoms with Crippen molar-refractivity contribution < 1.29 is 14.3 Å². The number of hydrogen-bond donors (Lipinski definition) is 2. The molecular formula is C21H14Cl2N2O3S. The Hall–Kier alpha value is -2.67. The Morgan fingerprint density at radius 3 is 2.72 bits per heavy atom. The summed E-state index contributed by atoms with van der Waals surface area (Å²) in [6.07, 6.45) is 1.64. The Morgan fingerprint density at radius 2 is 1.97 bits per heavy atom. The van der Waals surface area contributed by atoms with E-state index in [0.717, 1.165) is 11.1 Å². The largest absolute Gasteiger partial charge is 0.506 e. The molecule has 1 saturated heterocycles. The average Bonchev–Trinajstić information content (AvgIpc) is 3.28. The molecular weight excluding hydrogens is 431 g/mol. The number of benzene rings is 2. The van der Waals surface area contributed by atoms with Crippen LogP contribution in [0.25, 0.3) is 17.4 Å². The van der Waals surface area contributed by atoms with Crippen LogP contribution in [0.4, 0.5) is 5.69 Å². The first-order valence-corrected chi connectivity index (χ1v) is 10.1. The summed E-state index contributed by atoms with van der Waals surface area (Å²) >= 11 is 13.2. The van der Waals surface area contributed by atoms with E-state index in [1.54, 1.807) is 48.5 Å². The fourth-order valence-electron chi connectivity index (χ4n) is 2.74. The highest BCUT2D eigenvalue weighted by Crippen LogP contribution is 2.35. The van der Waals surface area contributed by atoms with Gasteiger partial charge in [0.25, 0.3) is 5.91 Å². The smallest absolute Gasteiger partial charge is 0.264 e. The zero-order valence-electron chi connectivity index (χ0n) is 15.1. The average molecular weight is 445 g/mol. The molecule has 1 fully saturated rings. The van der Waals surface area contributed by atoms with Gasteiger partial charge in [0.2, 0.25) is 0 Å². The van der Waals surface area contributed by atoms with Gasteiger partial charge in [-0.15, -0.1) is 0 Å². The van der Waals surface area contributed by atoms with Crippen LogP contribution in [0.3, 0.4) is 0 Å². The number of carbonyl (C=O) groups excluding carboxylic acids is 1. The highest BCUT2D eigenvalue weighted by atomic mass is 35.5. The molecule has 1 amide bonds. The van der Waals surface area contributed by atoms with Crippen molar-refractivity contribution in [3.63, 3.8) is 0 Å². The number of amides is 1. The summed E-state index contributed by atoms with van der Waals surface area (Å²) in [4.78, 5) is 17.1. The molecule has 1 aliphatic heterocycles. The normalized spacial score (nSPS) is 16.6. The van der Waals surface area contributed by atoms with E-state index in [1.165, 1.54) is 11.8 Å². The summed E-state index contributed by atoms with van der Waals surface area (Å²) in [7, 11) is 0. The van der Waals surface area contributed by atoms with Crippen LogP contribution in [0.2, 0.25) is 10.0 Å². The minimum atomic E-state index is -0.283. The summed E-state index contributed by atoms with van der Waals surface area (Å²) in [6, 6.07) is 13.9. The van der Waals surface area contributed by atoms with E-state index in [9.17, 15) is 9.90 Å². The maximum atomic E-state index is 12.3. The molecule has 0 saturated carbocycles. The minimum absolute atomic E-state index is 0.0575. The molecule has 2 aromatic carbocycles. The molecule has 0 bridgehead atoms. The second-order valence-electron chi connectivity index (χ2n) is 6.26. The fraction of sp³-hybridized carbons (Fsp3) is 0.0476. The summed E-state index contributed by atoms with van der Waals surface area (Å²) < 4.78 is 5.82. The molecule has 0 aliphatic carbocycles. The van der Waals surface area contributed by atoms with Gasteiger partial charge in [-0.3, -0.25) is 4.79 Å². The molecule has 0 radical (unpaired) electrons. The summed E-state index contributed by atoms with van der Waals surface area (Å²) in [5.74, 6) is 0.901. The van der Waals surface area contributed by atoms with E-state index in [0.29, 0.717) is 37.3 Å². The van der Waals surface area contributed by atoms with Crippen LogP contribution in [-0.2, 0) is 4.79 Å². The number of carbonyl (C=O) groups is 1. The first kappa shape index (κ1) is 19.6. The fourth-order valence-corrected chi connectivity index (χ4v) is 3.84. The van der Waals surface area contributed by atoms with Crippen LogP contribution in [-0.4, -0.2) is 16.2 Å². The van der Waals surface area contributed by atoms with Crippen LogP contribution >= 0.6 is 35.0 Å². The van der Waals surface area contributed by atoms with E-state index < -0.39 is 0 Å². The van der Waals surface area contributed by atoms with Gasteiger partial charge in [0.05, 0.1) is 15.0 Å². The number of rotatable bonds is 3. The summed E-state index contributed by atoms with van der Waals surface area (Å²) in [5.41, 5.74) is 2.02. The molecule has 0 spiro atoms. The van der Waals surface area contributed by atoms with E-state index in [1.807, 2.05) is 13.0 Å². The quantitative estimate of drug-likeness (QED) is 0.474. The summed E-state index contributed by atoms with van der Waals surface area (Å²) in [6.45, 7) is 1.84. The number of aryl methyl sites for hydroxylation is 1. The number of phenols is 1. The van der Waals surface area contributed by atoms with Gasteiger partial charge in [0.15, 0.2) is 5.17 Å². The number of hydrogen-bond acceptors (Lipinski definition) is 5. The molecule has 1 aromatic heterocycles. The SMILES string of the molecule is Cc1cccc(O)c1N=C1NC(=O)/C(=C\c2ccc(-c3ccc(Cl)c(Cl)c3)o2)S1. The Balaban J connectivity index is 1.58. The molecule has 0 unspecified atom stereocenters. The zero-order chi connectivity index (χ0) is 20.5. The van der Waals surface area contributed by atoms with Gasteiger partial charge in [-0.05, 0) is 60.6 Å². The lowest BCUT2D eigenvalue weighted by atomic mass is 10.2. The molecule has 5 nitrogen and oxygen atoms in total. The van der Waals surface area contributed by atoms with E-state index >= 15 is 0 Å². The van der Waals surface area contributed by atoms with Gasteiger partial charge in [-0.1, -0.05) is 35.3 Å². The predicted molar refractivity (Wildman–Crippen MR) is 118 cm³/mol. The molecule has 0 atom stereocenters. The standard InChI is InChI=1S/C21H14Cl2N2O3S/c1-11-3-2-4-16(26)19(11)24-21-25-20(27)18(29-21)10-13-6-8-17(28-13)12-5-7-14(22)15(23)9-12/h2-10,26H,1H3,(H,24,25,27)/b18-10+. The third-order valence-electron chi connectivity index (χ3n) is 4.18. The maximum absolute atomic E-state index is 12.3. The predicted octanol–water partition coefficient (Wildman–Crippen LogP) is 6.16. The number of thioether (sulfide) groups is 1. The lowest BCUT2D eigenvalue weighted by Gasteiger charge is -2.03. The first-order chi connectivity index (χ1) is 13.9. The third kappa shape index (κ3) is 4.19. The van der Waals surface area contributed by atoms with Crippen molar-refractivity contribution in [2.24, 2.45) is 4.99 Å². The Kier molecular flexibility index (Phi) is 5.41. The molecule has 3 aromatic rings. The van der Waals surface area contributed by atoms with Crippen molar-refractivity contribution in [3.05, 3.63) is 74.8 Å². The van der Waals surface area contributed by atoms with E-state index in [4.69, 9.17) is 27.6 Å². The molecule has 2 N–H and O–H groups in total. The number of nitrogens with zero attached hydrogens (tertiary/aromatic N) is 1. The van der Waals surface area contributed by atoms with Crippen LogP contribution in [0.15, 0.2) is 62.8 Å². The van der Waals surface area contributed by atoms with Crippen LogP contribution < -0.4 is 5.32 Å². The highest BCUT2D eigenvalue weighted by molar-refractivity contribution is 8.18. The highest BCUT2D eigenvalue weighted by Gasteiger charge is 2.25. The maximum Gasteiger partial charge on any atom is 0.264 e. The number of nitrogens with one attached hydrogen (secondary N) is 1. The van der Waals surface area contributed by atoms with Crippen LogP contribution in [0.1, 0.15) is 11.3 Å². The lowest BCUT2D eigenvalue weighted by Crippen LogP contribution is -2.19. The van der Waals surface area contributed by atoms with Gasteiger partial charge in [-0.2, -0.15) is 0 Å². The Morgan fingerprint density at radius 1 is 1.14 bits per heavy atom. The van der Waals surface area contributed by atoms with Gasteiger partial charge < -0.3 is 14.8 Å². The van der Waals surface area contributed by atoms with Crippen molar-refractivity contribution in [1.82, 2.24) is 5.32 Å². The lowest BCUT2D eigenvalue weighted by molar-refractivity contribution is -0.115. The monoisotopic (exact) mass is 444 g/mol. The van der Waals surface area contributed by atoms with Crippen molar-refractivity contribution in [3.8, 4) is 17.1 Å². The number of halogens is 2. The Labute approximate surface area is 181 Å². The number of aromatic hydroxyl groups is 1. The van der Waals surface area contributed by atoms with Crippen molar-refractivity contribution in [2.45, 2.75) is 6.92 Å². The second-order valence-corrected chi connectivity index (χ2v) is 8.10. The molecule has 146 valence electrons. The molecule has 8 heteroatoms. The molecule has 4 rings (SSSR count). The minimum Gasteiger partial charge on any atom is -0.506 e. The zero-order valence-corrected chi connectivity index (χ0v) is 17.4. The van der Waals surface area contributed by atoms with E-state index in [-0.39, 0.29) is 11.7 Å². The number of amidine groups is 1. The Bertz CT molecular complexity index is 1160. The molecule has 2 heterocycles. The number of phenolic OH excluding ortho intramolecular Hbond substituents is 1. The van der Waals surface area contributed by atoms with Gasteiger partial charge in [0, 0.05) is 11.6 Å². The van der Waals surface area contributed by atoms with Gasteiger partial charge in [-0.25, -0.2) is 4.99 Å². The van der Waals surface area contributed by atoms with Crippen molar-refractivity contribution >= 4 is 57.8 Å². The number of para-hydroxylation sites is 1. The van der Waals surface area contributed by atoms with Crippen molar-refractivity contribution in [1.29, 1.82) is 0 Å². The van der Waals surface area contributed by atoms with Gasteiger partial charge >= 0.3 is 0 Å². The van der Waals surface area contributed by atoms with Crippen LogP contribution in [0, 0.1) is 6.92 Å². The van der Waals surface area contributed by atoms with E-state index in [2.05, 4.69) is 10.3 Å². The second kappa shape index (κ2) is 7.99. The first-order valence-electron chi connectivity index (χ1n) is 8.54. The van der Waals surface area contributed by atoms with Gasteiger partial charge in [0.1, 0.15) is 23.0 Å². The molecule has 29 heavy (non-hydrogen) atoms. The third-order valence-corrected chi connectivity index (χ3v) is 5.83. The molecule has 1 aliphatic rings.